The fourth-order valence-electron chi connectivity index (χ4n) is 2.26. The van der Waals surface area contributed by atoms with Crippen molar-refractivity contribution in [3.63, 3.8) is 0 Å². The Morgan fingerprint density at radius 3 is 2.35 bits per heavy atom. The minimum absolute atomic E-state index is 0.0922. The van der Waals surface area contributed by atoms with Gasteiger partial charge in [-0.05, 0) is 45.9 Å². The number of nitrogens with two attached hydrogens (primary N) is 1. The van der Waals surface area contributed by atoms with Gasteiger partial charge in [-0.1, -0.05) is 15.9 Å². The molecule has 0 unspecified atom stereocenters. The summed E-state index contributed by atoms with van der Waals surface area (Å²) in [6.07, 6.45) is 0. The van der Waals surface area contributed by atoms with Gasteiger partial charge < -0.3 is 11.1 Å². The lowest BCUT2D eigenvalue weighted by Gasteiger charge is -2.30. The monoisotopic (exact) mass is 341 g/mol. The number of carbonyl (C=O) groups is 1. The third kappa shape index (κ3) is 5.13. The second-order valence-corrected chi connectivity index (χ2v) is 6.37. The van der Waals surface area contributed by atoms with Crippen molar-refractivity contribution in [2.24, 2.45) is 0 Å². The van der Waals surface area contributed by atoms with Crippen LogP contribution in [0.1, 0.15) is 38.1 Å². The van der Waals surface area contributed by atoms with Gasteiger partial charge in [0, 0.05) is 40.9 Å². The number of halogens is 1. The molecule has 4 nitrogen and oxygen atoms in total. The molecule has 0 saturated heterocycles. The fraction of sp³-hybridized carbons (Fsp3) is 0.533. The first-order valence-electron chi connectivity index (χ1n) is 6.91. The highest BCUT2D eigenvalue weighted by Crippen LogP contribution is 2.17. The average Bonchev–Trinajstić information content (AvgIpc) is 2.32. The largest absolute Gasteiger partial charge is 0.399 e. The van der Waals surface area contributed by atoms with E-state index < -0.39 is 0 Å². The summed E-state index contributed by atoms with van der Waals surface area (Å²) in [5.41, 5.74) is 6.90. The molecule has 0 bridgehead atoms. The van der Waals surface area contributed by atoms with Gasteiger partial charge in [0.2, 0.25) is 0 Å². The van der Waals surface area contributed by atoms with Crippen LogP contribution >= 0.6 is 15.9 Å². The van der Waals surface area contributed by atoms with Crippen molar-refractivity contribution in [3.8, 4) is 0 Å². The van der Waals surface area contributed by atoms with E-state index in [4.69, 9.17) is 5.73 Å². The Morgan fingerprint density at radius 2 is 1.85 bits per heavy atom. The molecule has 0 saturated carbocycles. The summed E-state index contributed by atoms with van der Waals surface area (Å²) < 4.78 is 0.814. The molecular weight excluding hydrogens is 318 g/mol. The minimum atomic E-state index is -0.0922. The summed E-state index contributed by atoms with van der Waals surface area (Å²) in [6.45, 7) is 10.1. The maximum Gasteiger partial charge on any atom is 0.251 e. The summed E-state index contributed by atoms with van der Waals surface area (Å²) in [5, 5.41) is 2.94. The van der Waals surface area contributed by atoms with E-state index in [-0.39, 0.29) is 5.91 Å². The average molecular weight is 342 g/mol. The standard InChI is InChI=1S/C15H24BrN3O/c1-10(2)19(11(3)4)6-5-18-15(20)12-7-13(16)9-14(17)8-12/h7-11H,5-6,17H2,1-4H3,(H,18,20). The predicted molar refractivity (Wildman–Crippen MR) is 87.9 cm³/mol. The zero-order valence-corrected chi connectivity index (χ0v) is 14.2. The van der Waals surface area contributed by atoms with E-state index in [2.05, 4.69) is 53.8 Å². The van der Waals surface area contributed by atoms with Gasteiger partial charge in [-0.3, -0.25) is 9.69 Å². The molecule has 0 fully saturated rings. The lowest BCUT2D eigenvalue weighted by atomic mass is 10.2. The van der Waals surface area contributed by atoms with Gasteiger partial charge in [-0.15, -0.1) is 0 Å². The van der Waals surface area contributed by atoms with Crippen molar-refractivity contribution >= 4 is 27.5 Å². The molecule has 0 aliphatic rings. The number of benzene rings is 1. The van der Waals surface area contributed by atoms with E-state index in [1.54, 1.807) is 18.2 Å². The quantitative estimate of drug-likeness (QED) is 0.782. The molecular formula is C15H24BrN3O. The minimum Gasteiger partial charge on any atom is -0.399 e. The van der Waals surface area contributed by atoms with Crippen molar-refractivity contribution in [2.45, 2.75) is 39.8 Å². The number of anilines is 1. The molecule has 1 rings (SSSR count). The number of hydrogen-bond acceptors (Lipinski definition) is 3. The highest BCUT2D eigenvalue weighted by atomic mass is 79.9. The first-order chi connectivity index (χ1) is 9.31. The van der Waals surface area contributed by atoms with Crippen LogP contribution in [0.5, 0.6) is 0 Å². The van der Waals surface area contributed by atoms with E-state index in [0.29, 0.717) is 29.9 Å². The number of amides is 1. The van der Waals surface area contributed by atoms with E-state index in [9.17, 15) is 4.79 Å². The smallest absolute Gasteiger partial charge is 0.251 e. The SMILES string of the molecule is CC(C)N(CCNC(=O)c1cc(N)cc(Br)c1)C(C)C. The Morgan fingerprint density at radius 1 is 1.25 bits per heavy atom. The first kappa shape index (κ1) is 17.0. The molecule has 112 valence electrons. The first-order valence-corrected chi connectivity index (χ1v) is 7.70. The van der Waals surface area contributed by atoms with Crippen molar-refractivity contribution < 1.29 is 4.79 Å². The van der Waals surface area contributed by atoms with Crippen LogP contribution in [0, 0.1) is 0 Å². The van der Waals surface area contributed by atoms with Crippen LogP contribution in [0.15, 0.2) is 22.7 Å². The van der Waals surface area contributed by atoms with Gasteiger partial charge in [0.05, 0.1) is 0 Å². The van der Waals surface area contributed by atoms with Crippen molar-refractivity contribution in [1.29, 1.82) is 0 Å². The summed E-state index contributed by atoms with van der Waals surface area (Å²) in [7, 11) is 0. The van der Waals surface area contributed by atoms with Crippen LogP contribution in [0.3, 0.4) is 0 Å². The Labute approximate surface area is 129 Å². The molecule has 1 aromatic rings. The van der Waals surface area contributed by atoms with Crippen molar-refractivity contribution in [1.82, 2.24) is 10.2 Å². The Kier molecular flexibility index (Phi) is 6.49. The maximum absolute atomic E-state index is 12.1. The fourth-order valence-corrected chi connectivity index (χ4v) is 2.77. The highest BCUT2D eigenvalue weighted by Gasteiger charge is 2.13. The Hall–Kier alpha value is -1.07. The third-order valence-corrected chi connectivity index (χ3v) is 3.62. The van der Waals surface area contributed by atoms with Gasteiger partial charge in [-0.2, -0.15) is 0 Å². The Balaban J connectivity index is 2.55. The second kappa shape index (κ2) is 7.64. The molecule has 20 heavy (non-hydrogen) atoms. The normalized spacial score (nSPS) is 11.4. The van der Waals surface area contributed by atoms with Crippen LogP contribution in [0.25, 0.3) is 0 Å². The molecule has 0 aliphatic heterocycles. The molecule has 0 spiro atoms. The summed E-state index contributed by atoms with van der Waals surface area (Å²) in [5.74, 6) is -0.0922. The van der Waals surface area contributed by atoms with E-state index in [1.165, 1.54) is 0 Å². The molecule has 3 N–H and O–H groups in total. The van der Waals surface area contributed by atoms with Crippen molar-refractivity contribution in [2.75, 3.05) is 18.8 Å². The zero-order chi connectivity index (χ0) is 15.3. The zero-order valence-electron chi connectivity index (χ0n) is 12.6. The van der Waals surface area contributed by atoms with E-state index in [0.717, 1.165) is 11.0 Å². The number of carbonyl (C=O) groups excluding carboxylic acids is 1. The lowest BCUT2D eigenvalue weighted by Crippen LogP contribution is -2.42. The van der Waals surface area contributed by atoms with Crippen LogP contribution in [0.2, 0.25) is 0 Å². The molecule has 0 aliphatic carbocycles. The van der Waals surface area contributed by atoms with Gasteiger partial charge in [-0.25, -0.2) is 0 Å². The summed E-state index contributed by atoms with van der Waals surface area (Å²) in [6, 6.07) is 6.16. The Bertz CT molecular complexity index is 432. The molecule has 5 heteroatoms. The number of nitrogen functional groups attached to an aromatic ring is 1. The number of nitrogens with one attached hydrogen (secondary N) is 1. The van der Waals surface area contributed by atoms with Gasteiger partial charge in [0.1, 0.15) is 0 Å². The maximum atomic E-state index is 12.1. The third-order valence-electron chi connectivity index (χ3n) is 3.16. The van der Waals surface area contributed by atoms with Crippen LogP contribution in [-0.4, -0.2) is 36.0 Å². The van der Waals surface area contributed by atoms with Gasteiger partial charge >= 0.3 is 0 Å². The molecule has 1 aromatic carbocycles. The second-order valence-electron chi connectivity index (χ2n) is 5.45. The molecule has 1 amide bonds. The number of rotatable bonds is 6. The van der Waals surface area contributed by atoms with Gasteiger partial charge in [0.25, 0.3) is 5.91 Å². The molecule has 0 aromatic heterocycles. The topological polar surface area (TPSA) is 58.4 Å². The number of nitrogens with zero attached hydrogens (tertiary/aromatic N) is 1. The lowest BCUT2D eigenvalue weighted by molar-refractivity contribution is 0.0939. The summed E-state index contributed by atoms with van der Waals surface area (Å²) in [4.78, 5) is 14.4. The molecule has 0 heterocycles. The van der Waals surface area contributed by atoms with Crippen LogP contribution < -0.4 is 11.1 Å². The predicted octanol–water partition coefficient (Wildman–Crippen LogP) is 2.88. The molecule has 0 radical (unpaired) electrons. The van der Waals surface area contributed by atoms with E-state index in [1.807, 2.05) is 0 Å². The van der Waals surface area contributed by atoms with Gasteiger partial charge in [0.15, 0.2) is 0 Å². The number of hydrogen-bond donors (Lipinski definition) is 2. The highest BCUT2D eigenvalue weighted by molar-refractivity contribution is 9.10. The molecule has 0 atom stereocenters. The van der Waals surface area contributed by atoms with Crippen molar-refractivity contribution in [3.05, 3.63) is 28.2 Å². The van der Waals surface area contributed by atoms with Crippen LogP contribution in [-0.2, 0) is 0 Å². The van der Waals surface area contributed by atoms with Crippen LogP contribution in [0.4, 0.5) is 5.69 Å². The summed E-state index contributed by atoms with van der Waals surface area (Å²) >= 11 is 3.34. The van der Waals surface area contributed by atoms with E-state index >= 15 is 0 Å².